The van der Waals surface area contributed by atoms with E-state index < -0.39 is 12.1 Å². The number of allylic oxidation sites excluding steroid dienone is 1. The molecular weight excluding hydrogens is 320 g/mol. The summed E-state index contributed by atoms with van der Waals surface area (Å²) in [7, 11) is 0. The highest BCUT2D eigenvalue weighted by molar-refractivity contribution is 5.67. The van der Waals surface area contributed by atoms with E-state index in [9.17, 15) is 15.0 Å². The number of hydrogen-bond donors (Lipinski definition) is 3. The number of aliphatic hydroxyl groups is 2. The Balaban J connectivity index is 1.78. The quantitative estimate of drug-likeness (QED) is 0.387. The average Bonchev–Trinajstić information content (AvgIpc) is 3.06. The Morgan fingerprint density at radius 1 is 1.16 bits per heavy atom. The number of hydrogen-bond acceptors (Lipinski definition) is 4. The summed E-state index contributed by atoms with van der Waals surface area (Å²) in [5.41, 5.74) is 0. The molecule has 0 unspecified atom stereocenters. The third-order valence-corrected chi connectivity index (χ3v) is 5.92. The summed E-state index contributed by atoms with van der Waals surface area (Å²) in [5.74, 6) is 0.684. The van der Waals surface area contributed by atoms with Crippen molar-refractivity contribution in [3.63, 3.8) is 0 Å². The predicted molar refractivity (Wildman–Crippen MR) is 96.4 cm³/mol. The van der Waals surface area contributed by atoms with Crippen molar-refractivity contribution in [1.29, 1.82) is 0 Å². The van der Waals surface area contributed by atoms with Gasteiger partial charge >= 0.3 is 5.97 Å². The zero-order valence-electron chi connectivity index (χ0n) is 15.4. The fourth-order valence-electron chi connectivity index (χ4n) is 4.75. The molecule has 3 N–H and O–H groups in total. The third-order valence-electron chi connectivity index (χ3n) is 5.92. The van der Waals surface area contributed by atoms with Crippen molar-refractivity contribution in [2.24, 2.45) is 23.7 Å². The van der Waals surface area contributed by atoms with Crippen molar-refractivity contribution >= 4 is 5.97 Å². The fourth-order valence-corrected chi connectivity index (χ4v) is 4.75. The molecule has 5 heteroatoms. The van der Waals surface area contributed by atoms with E-state index in [0.717, 1.165) is 38.5 Å². The van der Waals surface area contributed by atoms with E-state index in [1.165, 1.54) is 19.3 Å². The zero-order valence-corrected chi connectivity index (χ0v) is 15.4. The van der Waals surface area contributed by atoms with Gasteiger partial charge in [-0.1, -0.05) is 26.2 Å². The first-order chi connectivity index (χ1) is 12.0. The van der Waals surface area contributed by atoms with E-state index >= 15 is 0 Å². The summed E-state index contributed by atoms with van der Waals surface area (Å²) in [6, 6.07) is 0. The lowest BCUT2D eigenvalue weighted by molar-refractivity contribution is -0.142. The lowest BCUT2D eigenvalue weighted by Crippen LogP contribution is -2.22. The average molecular weight is 354 g/mol. The Bertz CT molecular complexity index is 447. The maximum absolute atomic E-state index is 10.5. The SMILES string of the molecule is CCCCCCC=C(O)[C@H]1[C@@H]2C[C@H](CCOCC(=O)O)C[C@@H]2C[C@@H]1O. The molecule has 2 aliphatic carbocycles. The van der Waals surface area contributed by atoms with E-state index in [0.29, 0.717) is 30.1 Å². The molecule has 0 aliphatic heterocycles. The van der Waals surface area contributed by atoms with E-state index in [-0.39, 0.29) is 12.5 Å². The van der Waals surface area contributed by atoms with Crippen LogP contribution in [-0.4, -0.2) is 40.6 Å². The summed E-state index contributed by atoms with van der Waals surface area (Å²) in [4.78, 5) is 10.5. The lowest BCUT2D eigenvalue weighted by atomic mass is 9.88. The first-order valence-electron chi connectivity index (χ1n) is 9.89. The van der Waals surface area contributed by atoms with Crippen LogP contribution in [-0.2, 0) is 9.53 Å². The van der Waals surface area contributed by atoms with Crippen LogP contribution in [0.1, 0.15) is 64.7 Å². The van der Waals surface area contributed by atoms with Gasteiger partial charge in [-0.25, -0.2) is 4.79 Å². The van der Waals surface area contributed by atoms with Crippen molar-refractivity contribution in [3.05, 3.63) is 11.8 Å². The predicted octanol–water partition coefficient (Wildman–Crippen LogP) is 3.91. The largest absolute Gasteiger partial charge is 0.512 e. The second-order valence-corrected chi connectivity index (χ2v) is 7.80. The molecule has 0 amide bonds. The third kappa shape index (κ3) is 6.00. The van der Waals surface area contributed by atoms with Crippen molar-refractivity contribution in [2.75, 3.05) is 13.2 Å². The minimum absolute atomic E-state index is 0.110. The molecule has 2 fully saturated rings. The number of ether oxygens (including phenoxy) is 1. The number of aliphatic carboxylic acids is 1. The highest BCUT2D eigenvalue weighted by Crippen LogP contribution is 2.52. The lowest BCUT2D eigenvalue weighted by Gasteiger charge is -2.21. The first-order valence-corrected chi connectivity index (χ1v) is 9.89. The number of carboxylic acids is 1. The molecule has 0 aromatic carbocycles. The molecule has 0 bridgehead atoms. The molecule has 0 aromatic rings. The topological polar surface area (TPSA) is 87.0 Å². The summed E-state index contributed by atoms with van der Waals surface area (Å²) in [6.45, 7) is 2.43. The minimum Gasteiger partial charge on any atom is -0.512 e. The standard InChI is InChI=1S/C20H34O5/c1-2-3-4-5-6-7-17(21)20-16-11-14(8-9-25-13-19(23)24)10-15(16)12-18(20)22/h7,14-16,18,20-22H,2-6,8-13H2,1H3,(H,23,24)/t14-,15-,16-,18+,20-/m1/s1. The smallest absolute Gasteiger partial charge is 0.329 e. The molecule has 144 valence electrons. The van der Waals surface area contributed by atoms with E-state index in [4.69, 9.17) is 9.84 Å². The second kappa shape index (κ2) is 10.2. The molecule has 2 saturated carbocycles. The summed E-state index contributed by atoms with van der Waals surface area (Å²) in [6.07, 6.45) is 10.8. The van der Waals surface area contributed by atoms with Gasteiger partial charge in [0.25, 0.3) is 0 Å². The first kappa shape index (κ1) is 20.2. The van der Waals surface area contributed by atoms with Crippen LogP contribution in [0, 0.1) is 23.7 Å². The Kier molecular flexibility index (Phi) is 8.24. The maximum Gasteiger partial charge on any atom is 0.329 e. The van der Waals surface area contributed by atoms with Crippen LogP contribution in [0.15, 0.2) is 11.8 Å². The van der Waals surface area contributed by atoms with E-state index in [2.05, 4.69) is 6.92 Å². The molecule has 5 nitrogen and oxygen atoms in total. The molecule has 0 heterocycles. The number of aliphatic hydroxyl groups excluding tert-OH is 2. The summed E-state index contributed by atoms with van der Waals surface area (Å²) < 4.78 is 5.15. The molecule has 0 spiro atoms. The van der Waals surface area contributed by atoms with E-state index in [1.54, 1.807) is 0 Å². The van der Waals surface area contributed by atoms with Crippen molar-refractivity contribution < 1.29 is 24.9 Å². The normalized spacial score (nSPS) is 32.1. The number of fused-ring (bicyclic) bond motifs is 1. The highest BCUT2D eigenvalue weighted by atomic mass is 16.5. The maximum atomic E-state index is 10.5. The molecule has 2 rings (SSSR count). The van der Waals surface area contributed by atoms with Crippen LogP contribution in [0.2, 0.25) is 0 Å². The van der Waals surface area contributed by atoms with E-state index in [1.807, 2.05) is 6.08 Å². The number of carboxylic acid groups (broad SMARTS) is 1. The number of rotatable bonds is 11. The molecular formula is C20H34O5. The molecule has 5 atom stereocenters. The highest BCUT2D eigenvalue weighted by Gasteiger charge is 2.49. The van der Waals surface area contributed by atoms with Crippen LogP contribution in [0.5, 0.6) is 0 Å². The van der Waals surface area contributed by atoms with Gasteiger partial charge in [0, 0.05) is 12.5 Å². The molecule has 0 aromatic heterocycles. The van der Waals surface area contributed by atoms with Crippen molar-refractivity contribution in [1.82, 2.24) is 0 Å². The Hall–Kier alpha value is -1.07. The minimum atomic E-state index is -0.930. The van der Waals surface area contributed by atoms with Gasteiger partial charge in [0.1, 0.15) is 6.61 Å². The van der Waals surface area contributed by atoms with Gasteiger partial charge < -0.3 is 20.1 Å². The van der Waals surface area contributed by atoms with Gasteiger partial charge in [-0.3, -0.25) is 0 Å². The molecule has 0 radical (unpaired) electrons. The summed E-state index contributed by atoms with van der Waals surface area (Å²) in [5, 5.41) is 29.5. The van der Waals surface area contributed by atoms with Gasteiger partial charge in [0.2, 0.25) is 0 Å². The van der Waals surface area contributed by atoms with Crippen LogP contribution in [0.4, 0.5) is 0 Å². The number of unbranched alkanes of at least 4 members (excludes halogenated alkanes) is 4. The van der Waals surface area contributed by atoms with Gasteiger partial charge in [-0.15, -0.1) is 0 Å². The Labute approximate surface area is 151 Å². The van der Waals surface area contributed by atoms with Gasteiger partial charge in [0.15, 0.2) is 0 Å². The fraction of sp³-hybridized carbons (Fsp3) is 0.850. The monoisotopic (exact) mass is 354 g/mol. The molecule has 25 heavy (non-hydrogen) atoms. The Morgan fingerprint density at radius 3 is 2.68 bits per heavy atom. The molecule has 2 aliphatic rings. The van der Waals surface area contributed by atoms with Gasteiger partial charge in [-0.2, -0.15) is 0 Å². The summed E-state index contributed by atoms with van der Waals surface area (Å²) >= 11 is 0. The molecule has 0 saturated heterocycles. The van der Waals surface area contributed by atoms with Crippen LogP contribution in [0.3, 0.4) is 0 Å². The Morgan fingerprint density at radius 2 is 1.96 bits per heavy atom. The van der Waals surface area contributed by atoms with Crippen LogP contribution in [0.25, 0.3) is 0 Å². The second-order valence-electron chi connectivity index (χ2n) is 7.80. The van der Waals surface area contributed by atoms with Crippen LogP contribution >= 0.6 is 0 Å². The van der Waals surface area contributed by atoms with Crippen molar-refractivity contribution in [2.45, 2.75) is 70.8 Å². The van der Waals surface area contributed by atoms with Crippen molar-refractivity contribution in [3.8, 4) is 0 Å². The van der Waals surface area contributed by atoms with Gasteiger partial charge in [-0.05, 0) is 62.4 Å². The van der Waals surface area contributed by atoms with Crippen LogP contribution < -0.4 is 0 Å². The number of carbonyl (C=O) groups is 1. The van der Waals surface area contributed by atoms with Gasteiger partial charge in [0.05, 0.1) is 11.9 Å². The zero-order chi connectivity index (χ0) is 18.2.